The monoisotopic (exact) mass is 250 g/mol. The fraction of sp³-hybridized carbons (Fsp3) is 0.429. The third-order valence-electron chi connectivity index (χ3n) is 1.50. The number of halogens is 1. The van der Waals surface area contributed by atoms with Crippen molar-refractivity contribution in [3.63, 3.8) is 0 Å². The van der Waals surface area contributed by atoms with Crippen LogP contribution in [0.1, 0.15) is 11.8 Å². The minimum Gasteiger partial charge on any atom is -0.466 e. The molecule has 1 aromatic rings. The number of hydrogen-bond donors (Lipinski definition) is 2. The summed E-state index contributed by atoms with van der Waals surface area (Å²) >= 11 is 5.10. The van der Waals surface area contributed by atoms with Gasteiger partial charge in [-0.25, -0.2) is 5.43 Å². The van der Waals surface area contributed by atoms with Gasteiger partial charge in [-0.05, 0) is 28.3 Å². The fourth-order valence-corrected chi connectivity index (χ4v) is 1.98. The van der Waals surface area contributed by atoms with Gasteiger partial charge in [0.1, 0.15) is 5.76 Å². The van der Waals surface area contributed by atoms with E-state index in [-0.39, 0.29) is 6.04 Å². The highest BCUT2D eigenvalue weighted by molar-refractivity contribution is 9.10. The normalized spacial score (nSPS) is 13.2. The van der Waals surface area contributed by atoms with E-state index in [0.29, 0.717) is 0 Å². The van der Waals surface area contributed by atoms with Crippen LogP contribution >= 0.6 is 27.7 Å². The lowest BCUT2D eigenvalue weighted by Crippen LogP contribution is -2.29. The summed E-state index contributed by atoms with van der Waals surface area (Å²) in [4.78, 5) is 0. The first-order chi connectivity index (χ1) is 5.79. The molecule has 0 aliphatic carbocycles. The first kappa shape index (κ1) is 10.1. The Bertz CT molecular complexity index is 241. The fourth-order valence-electron chi connectivity index (χ4n) is 0.920. The second kappa shape index (κ2) is 4.91. The molecular formula is C7H11BrN2OS. The molecule has 0 bridgehead atoms. The third kappa shape index (κ3) is 2.26. The number of rotatable bonds is 4. The van der Waals surface area contributed by atoms with Gasteiger partial charge in [-0.3, -0.25) is 5.84 Å². The van der Waals surface area contributed by atoms with Gasteiger partial charge in [0.15, 0.2) is 0 Å². The molecule has 0 amide bonds. The molecule has 5 heteroatoms. The molecule has 0 aliphatic rings. The Morgan fingerprint density at radius 3 is 3.00 bits per heavy atom. The maximum Gasteiger partial charge on any atom is 0.137 e. The number of nitrogens with two attached hydrogens (primary N) is 1. The zero-order valence-electron chi connectivity index (χ0n) is 6.71. The van der Waals surface area contributed by atoms with E-state index in [1.54, 1.807) is 18.0 Å². The van der Waals surface area contributed by atoms with E-state index in [1.165, 1.54) is 0 Å². The van der Waals surface area contributed by atoms with E-state index in [2.05, 4.69) is 21.4 Å². The molecule has 12 heavy (non-hydrogen) atoms. The van der Waals surface area contributed by atoms with Crippen LogP contribution in [-0.4, -0.2) is 12.0 Å². The predicted molar refractivity (Wildman–Crippen MR) is 54.9 cm³/mol. The van der Waals surface area contributed by atoms with E-state index >= 15 is 0 Å². The Kier molecular flexibility index (Phi) is 4.14. The maximum absolute atomic E-state index is 5.37. The average Bonchev–Trinajstić information content (AvgIpc) is 2.47. The number of furan rings is 1. The molecule has 1 heterocycles. The number of nitrogens with one attached hydrogen (secondary N) is 1. The summed E-state index contributed by atoms with van der Waals surface area (Å²) in [6, 6.07) is 1.93. The number of hydrazine groups is 1. The molecule has 1 atom stereocenters. The van der Waals surface area contributed by atoms with Crippen LogP contribution in [0.5, 0.6) is 0 Å². The zero-order chi connectivity index (χ0) is 8.97. The molecule has 68 valence electrons. The molecule has 1 aromatic heterocycles. The molecule has 0 aromatic carbocycles. The second-order valence-electron chi connectivity index (χ2n) is 2.31. The maximum atomic E-state index is 5.37. The van der Waals surface area contributed by atoms with E-state index in [9.17, 15) is 0 Å². The van der Waals surface area contributed by atoms with Crippen molar-refractivity contribution in [2.45, 2.75) is 6.04 Å². The molecule has 0 radical (unpaired) electrons. The van der Waals surface area contributed by atoms with Gasteiger partial charge in [0, 0.05) is 5.75 Å². The van der Waals surface area contributed by atoms with Gasteiger partial charge in [0.25, 0.3) is 0 Å². The Morgan fingerprint density at radius 1 is 1.83 bits per heavy atom. The van der Waals surface area contributed by atoms with Crippen molar-refractivity contribution in [3.05, 3.63) is 22.6 Å². The number of thioether (sulfide) groups is 1. The average molecular weight is 251 g/mol. The van der Waals surface area contributed by atoms with E-state index in [1.807, 2.05) is 12.3 Å². The molecule has 3 nitrogen and oxygen atoms in total. The Labute approximate surface area is 84.2 Å². The molecule has 0 saturated heterocycles. The van der Waals surface area contributed by atoms with Crippen LogP contribution in [0.4, 0.5) is 0 Å². The van der Waals surface area contributed by atoms with Crippen LogP contribution in [0.3, 0.4) is 0 Å². The highest BCUT2D eigenvalue weighted by Crippen LogP contribution is 2.25. The Hall–Kier alpha value is 0.0300. The minimum atomic E-state index is 0.0735. The smallest absolute Gasteiger partial charge is 0.137 e. The van der Waals surface area contributed by atoms with E-state index in [0.717, 1.165) is 16.0 Å². The van der Waals surface area contributed by atoms with Crippen LogP contribution in [0, 0.1) is 0 Å². The molecular weight excluding hydrogens is 240 g/mol. The first-order valence-electron chi connectivity index (χ1n) is 3.47. The molecule has 1 unspecified atom stereocenters. The lowest BCUT2D eigenvalue weighted by atomic mass is 10.3. The van der Waals surface area contributed by atoms with Gasteiger partial charge in [0.05, 0.1) is 16.8 Å². The third-order valence-corrected chi connectivity index (χ3v) is 2.82. The van der Waals surface area contributed by atoms with E-state index < -0.39 is 0 Å². The van der Waals surface area contributed by atoms with Crippen LogP contribution in [0.2, 0.25) is 0 Å². The summed E-state index contributed by atoms with van der Waals surface area (Å²) in [6.45, 7) is 0. The van der Waals surface area contributed by atoms with Crippen molar-refractivity contribution in [1.29, 1.82) is 0 Å². The topological polar surface area (TPSA) is 51.2 Å². The summed E-state index contributed by atoms with van der Waals surface area (Å²) in [5, 5.41) is 0. The van der Waals surface area contributed by atoms with Crippen molar-refractivity contribution >= 4 is 27.7 Å². The van der Waals surface area contributed by atoms with Gasteiger partial charge in [-0.1, -0.05) is 0 Å². The summed E-state index contributed by atoms with van der Waals surface area (Å²) in [6.07, 6.45) is 3.67. The second-order valence-corrected chi connectivity index (χ2v) is 4.07. The van der Waals surface area contributed by atoms with Crippen molar-refractivity contribution in [2.75, 3.05) is 12.0 Å². The van der Waals surface area contributed by atoms with Crippen molar-refractivity contribution in [3.8, 4) is 0 Å². The molecule has 0 spiro atoms. The quantitative estimate of drug-likeness (QED) is 0.634. The van der Waals surface area contributed by atoms with Gasteiger partial charge in [-0.2, -0.15) is 11.8 Å². The minimum absolute atomic E-state index is 0.0735. The largest absolute Gasteiger partial charge is 0.466 e. The summed E-state index contributed by atoms with van der Waals surface area (Å²) < 4.78 is 6.23. The van der Waals surface area contributed by atoms with Gasteiger partial charge in [0.2, 0.25) is 0 Å². The first-order valence-corrected chi connectivity index (χ1v) is 5.66. The molecule has 3 N–H and O–H groups in total. The number of hydrogen-bond acceptors (Lipinski definition) is 4. The van der Waals surface area contributed by atoms with Crippen LogP contribution in [0.25, 0.3) is 0 Å². The molecule has 0 aliphatic heterocycles. The van der Waals surface area contributed by atoms with E-state index in [4.69, 9.17) is 10.3 Å². The van der Waals surface area contributed by atoms with Gasteiger partial charge >= 0.3 is 0 Å². The van der Waals surface area contributed by atoms with Crippen LogP contribution in [0.15, 0.2) is 21.2 Å². The summed E-state index contributed by atoms with van der Waals surface area (Å²) in [5.41, 5.74) is 2.70. The molecule has 0 fully saturated rings. The lowest BCUT2D eigenvalue weighted by Gasteiger charge is -2.11. The summed E-state index contributed by atoms with van der Waals surface area (Å²) in [5.74, 6) is 7.12. The van der Waals surface area contributed by atoms with Crippen molar-refractivity contribution in [1.82, 2.24) is 5.43 Å². The highest BCUT2D eigenvalue weighted by Gasteiger charge is 2.15. The predicted octanol–water partition coefficient (Wildman–Crippen LogP) is 1.91. The van der Waals surface area contributed by atoms with Crippen molar-refractivity contribution in [2.24, 2.45) is 5.84 Å². The van der Waals surface area contributed by atoms with Crippen LogP contribution in [-0.2, 0) is 0 Å². The van der Waals surface area contributed by atoms with Crippen molar-refractivity contribution < 1.29 is 4.42 Å². The lowest BCUT2D eigenvalue weighted by molar-refractivity contribution is 0.438. The highest BCUT2D eigenvalue weighted by atomic mass is 79.9. The van der Waals surface area contributed by atoms with Gasteiger partial charge < -0.3 is 4.42 Å². The SMILES string of the molecule is CSCC(NN)c1occc1Br. The Balaban J connectivity index is 2.72. The Morgan fingerprint density at radius 2 is 2.58 bits per heavy atom. The van der Waals surface area contributed by atoms with Gasteiger partial charge in [-0.15, -0.1) is 0 Å². The van der Waals surface area contributed by atoms with Crippen LogP contribution < -0.4 is 11.3 Å². The molecule has 1 rings (SSSR count). The standard InChI is InChI=1S/C7H11BrN2OS/c1-12-4-6(10-9)7-5(8)2-3-11-7/h2-3,6,10H,4,9H2,1H3. The zero-order valence-corrected chi connectivity index (χ0v) is 9.11. The summed E-state index contributed by atoms with van der Waals surface area (Å²) in [7, 11) is 0. The molecule has 0 saturated carbocycles.